The number of piperazine rings is 1. The first kappa shape index (κ1) is 19.7. The molecule has 0 aliphatic carbocycles. The van der Waals surface area contributed by atoms with E-state index in [2.05, 4.69) is 10.0 Å². The van der Waals surface area contributed by atoms with Gasteiger partial charge >= 0.3 is 0 Å². The summed E-state index contributed by atoms with van der Waals surface area (Å²) >= 11 is 0. The fourth-order valence-electron chi connectivity index (χ4n) is 2.52. The van der Waals surface area contributed by atoms with Crippen LogP contribution in [0.4, 0.5) is 5.69 Å². The number of sulfonamides is 1. The van der Waals surface area contributed by atoms with Gasteiger partial charge in [0.15, 0.2) is 0 Å². The fraction of sp³-hybridized carbons (Fsp3) is 0.533. The highest BCUT2D eigenvalue weighted by Crippen LogP contribution is 2.16. The van der Waals surface area contributed by atoms with Gasteiger partial charge < -0.3 is 10.2 Å². The Morgan fingerprint density at radius 3 is 2.83 bits per heavy atom. The van der Waals surface area contributed by atoms with Crippen LogP contribution in [0.5, 0.6) is 0 Å². The first-order valence-corrected chi connectivity index (χ1v) is 9.20. The number of halogens is 1. The maximum Gasteiger partial charge on any atom is 0.254 e. The van der Waals surface area contributed by atoms with E-state index in [9.17, 15) is 13.2 Å². The Kier molecular flexibility index (Phi) is 7.31. The predicted octanol–water partition coefficient (Wildman–Crippen LogP) is 1.69. The van der Waals surface area contributed by atoms with E-state index in [1.165, 1.54) is 0 Å². The molecule has 1 fully saturated rings. The number of amides is 1. The molecule has 1 aliphatic heterocycles. The molecule has 0 spiro atoms. The Bertz CT molecular complexity index is 637. The van der Waals surface area contributed by atoms with Gasteiger partial charge in [-0.2, -0.15) is 0 Å². The topological polar surface area (TPSA) is 78.5 Å². The van der Waals surface area contributed by atoms with Crippen LogP contribution < -0.4 is 10.0 Å². The van der Waals surface area contributed by atoms with E-state index < -0.39 is 10.0 Å². The summed E-state index contributed by atoms with van der Waals surface area (Å²) in [5.74, 6) is 0.00513. The second-order valence-corrected chi connectivity index (χ2v) is 7.40. The summed E-state index contributed by atoms with van der Waals surface area (Å²) in [5, 5.41) is 3.24. The number of nitrogens with zero attached hydrogens (tertiary/aromatic N) is 1. The van der Waals surface area contributed by atoms with Crippen LogP contribution in [0.3, 0.4) is 0 Å². The van der Waals surface area contributed by atoms with Crippen molar-refractivity contribution >= 4 is 34.0 Å². The van der Waals surface area contributed by atoms with Crippen molar-refractivity contribution in [2.45, 2.75) is 26.3 Å². The van der Waals surface area contributed by atoms with Crippen molar-refractivity contribution < 1.29 is 13.2 Å². The number of anilines is 1. The Hall–Kier alpha value is -1.31. The highest BCUT2D eigenvalue weighted by atomic mass is 35.5. The molecule has 1 aliphatic rings. The number of hydrogen-bond acceptors (Lipinski definition) is 4. The molecule has 1 heterocycles. The minimum Gasteiger partial charge on any atom is -0.333 e. The molecule has 1 atom stereocenters. The number of carbonyl (C=O) groups excluding carboxylic acids is 1. The van der Waals surface area contributed by atoms with Gasteiger partial charge in [0.1, 0.15) is 0 Å². The molecule has 6 nitrogen and oxygen atoms in total. The zero-order valence-electron chi connectivity index (χ0n) is 13.4. The van der Waals surface area contributed by atoms with Gasteiger partial charge in [0.05, 0.1) is 5.75 Å². The molecule has 1 saturated heterocycles. The molecule has 0 radical (unpaired) electrons. The summed E-state index contributed by atoms with van der Waals surface area (Å²) in [6.07, 6.45) is 0.548. The molecule has 23 heavy (non-hydrogen) atoms. The van der Waals surface area contributed by atoms with Crippen molar-refractivity contribution in [2.24, 2.45) is 0 Å². The Morgan fingerprint density at radius 2 is 2.17 bits per heavy atom. The monoisotopic (exact) mass is 361 g/mol. The normalized spacial score (nSPS) is 18.2. The van der Waals surface area contributed by atoms with Gasteiger partial charge in [0.2, 0.25) is 10.0 Å². The quantitative estimate of drug-likeness (QED) is 0.836. The van der Waals surface area contributed by atoms with Crippen LogP contribution in [0, 0.1) is 0 Å². The molecule has 0 bridgehead atoms. The van der Waals surface area contributed by atoms with Crippen LogP contribution in [-0.2, 0) is 10.0 Å². The summed E-state index contributed by atoms with van der Waals surface area (Å²) in [6, 6.07) is 6.80. The van der Waals surface area contributed by atoms with Crippen LogP contribution in [0.15, 0.2) is 24.3 Å². The predicted molar refractivity (Wildman–Crippen MR) is 94.8 cm³/mol. The zero-order chi connectivity index (χ0) is 16.2. The lowest BCUT2D eigenvalue weighted by Crippen LogP contribution is -2.52. The molecule has 1 amide bonds. The van der Waals surface area contributed by atoms with Crippen molar-refractivity contribution in [1.29, 1.82) is 0 Å². The Morgan fingerprint density at radius 1 is 1.43 bits per heavy atom. The summed E-state index contributed by atoms with van der Waals surface area (Å²) in [5.41, 5.74) is 0.938. The van der Waals surface area contributed by atoms with Gasteiger partial charge in [-0.15, -0.1) is 12.4 Å². The van der Waals surface area contributed by atoms with Crippen LogP contribution in [0.25, 0.3) is 0 Å². The molecule has 130 valence electrons. The van der Waals surface area contributed by atoms with Crippen LogP contribution in [-0.4, -0.2) is 50.7 Å². The first-order chi connectivity index (χ1) is 10.4. The van der Waals surface area contributed by atoms with Gasteiger partial charge in [-0.05, 0) is 31.5 Å². The van der Waals surface area contributed by atoms with E-state index in [1.54, 1.807) is 24.3 Å². The minimum atomic E-state index is -3.35. The van der Waals surface area contributed by atoms with Crippen LogP contribution >= 0.6 is 12.4 Å². The lowest BCUT2D eigenvalue weighted by molar-refractivity contribution is 0.0656. The molecule has 0 unspecified atom stereocenters. The van der Waals surface area contributed by atoms with Crippen LogP contribution in [0.2, 0.25) is 0 Å². The third-order valence-electron chi connectivity index (χ3n) is 3.62. The molecule has 1 aromatic rings. The molecular formula is C15H24ClN3O3S. The smallest absolute Gasteiger partial charge is 0.254 e. The lowest BCUT2D eigenvalue weighted by Gasteiger charge is -2.34. The summed E-state index contributed by atoms with van der Waals surface area (Å²) in [4.78, 5) is 14.4. The summed E-state index contributed by atoms with van der Waals surface area (Å²) in [7, 11) is -3.35. The van der Waals surface area contributed by atoms with Gasteiger partial charge in [0, 0.05) is 36.9 Å². The Labute approximate surface area is 144 Å². The maximum atomic E-state index is 12.6. The van der Waals surface area contributed by atoms with Crippen LogP contribution in [0.1, 0.15) is 30.6 Å². The molecule has 0 aromatic heterocycles. The molecule has 1 aromatic carbocycles. The van der Waals surface area contributed by atoms with E-state index in [1.807, 2.05) is 18.7 Å². The lowest BCUT2D eigenvalue weighted by atomic mass is 10.1. The average Bonchev–Trinajstić information content (AvgIpc) is 2.46. The van der Waals surface area contributed by atoms with Gasteiger partial charge in [-0.25, -0.2) is 8.42 Å². The third kappa shape index (κ3) is 5.37. The van der Waals surface area contributed by atoms with Crippen molar-refractivity contribution in [3.8, 4) is 0 Å². The van der Waals surface area contributed by atoms with Gasteiger partial charge in [-0.3, -0.25) is 9.52 Å². The number of rotatable bonds is 5. The summed E-state index contributed by atoms with van der Waals surface area (Å²) < 4.78 is 26.2. The maximum absolute atomic E-state index is 12.6. The SMILES string of the molecule is CCCS(=O)(=O)Nc1cccc(C(=O)N2CCNC[C@H]2C)c1.Cl. The highest BCUT2D eigenvalue weighted by molar-refractivity contribution is 7.92. The van der Waals surface area contributed by atoms with Gasteiger partial charge in [-0.1, -0.05) is 13.0 Å². The number of hydrogen-bond donors (Lipinski definition) is 2. The molecule has 2 rings (SSSR count). The first-order valence-electron chi connectivity index (χ1n) is 7.55. The van der Waals surface area contributed by atoms with Crippen molar-refractivity contribution in [1.82, 2.24) is 10.2 Å². The molecular weight excluding hydrogens is 338 g/mol. The molecule has 8 heteroatoms. The van der Waals surface area contributed by atoms with Crippen molar-refractivity contribution in [2.75, 3.05) is 30.1 Å². The second kappa shape index (κ2) is 8.52. The highest BCUT2D eigenvalue weighted by Gasteiger charge is 2.24. The van der Waals surface area contributed by atoms with Crippen molar-refractivity contribution in [3.63, 3.8) is 0 Å². The van der Waals surface area contributed by atoms with Gasteiger partial charge in [0.25, 0.3) is 5.91 Å². The second-order valence-electron chi connectivity index (χ2n) is 5.55. The number of carbonyl (C=O) groups is 1. The summed E-state index contributed by atoms with van der Waals surface area (Å²) in [6.45, 7) is 6.02. The molecule has 0 saturated carbocycles. The number of benzene rings is 1. The van der Waals surface area contributed by atoms with E-state index in [4.69, 9.17) is 0 Å². The fourth-order valence-corrected chi connectivity index (χ4v) is 3.65. The average molecular weight is 362 g/mol. The zero-order valence-corrected chi connectivity index (χ0v) is 15.0. The van der Waals surface area contributed by atoms with Crippen molar-refractivity contribution in [3.05, 3.63) is 29.8 Å². The van der Waals surface area contributed by atoms with E-state index in [0.29, 0.717) is 24.2 Å². The standard InChI is InChI=1S/C15H23N3O3S.ClH/c1-3-9-22(20,21)17-14-6-4-5-13(10-14)15(19)18-8-7-16-11-12(18)2;/h4-6,10,12,16-17H,3,7-9,11H2,1-2H3;1H/t12-;/m1./s1. The Balaban J connectivity index is 0.00000264. The largest absolute Gasteiger partial charge is 0.333 e. The van der Waals surface area contributed by atoms with E-state index in [0.717, 1.165) is 13.1 Å². The minimum absolute atomic E-state index is 0. The van der Waals surface area contributed by atoms with E-state index in [-0.39, 0.29) is 30.1 Å². The van der Waals surface area contributed by atoms with E-state index >= 15 is 0 Å². The molecule has 2 N–H and O–H groups in total. The number of nitrogens with one attached hydrogen (secondary N) is 2. The third-order valence-corrected chi connectivity index (χ3v) is 5.11.